The summed E-state index contributed by atoms with van der Waals surface area (Å²) in [5, 5.41) is 9.77. The molecule has 0 saturated carbocycles. The molecule has 0 radical (unpaired) electrons. The average molecular weight is 224 g/mol. The molecule has 0 bridgehead atoms. The van der Waals surface area contributed by atoms with Crippen LogP contribution in [-0.4, -0.2) is 34.3 Å². The predicted octanol–water partition coefficient (Wildman–Crippen LogP) is -0.441. The van der Waals surface area contributed by atoms with Gasteiger partial charge in [0.25, 0.3) is 5.56 Å². The lowest BCUT2D eigenvalue weighted by atomic mass is 9.96. The lowest BCUT2D eigenvalue weighted by Gasteiger charge is -2.35. The van der Waals surface area contributed by atoms with Crippen LogP contribution in [0.15, 0.2) is 11.1 Å². The molecule has 16 heavy (non-hydrogen) atoms. The van der Waals surface area contributed by atoms with Gasteiger partial charge in [0, 0.05) is 13.1 Å². The van der Waals surface area contributed by atoms with Crippen LogP contribution in [0.1, 0.15) is 13.3 Å². The van der Waals surface area contributed by atoms with Gasteiger partial charge in [-0.25, -0.2) is 4.98 Å². The largest absolute Gasteiger partial charge is 0.391 e. The number of aromatic nitrogens is 2. The van der Waals surface area contributed by atoms with Crippen LogP contribution in [0.25, 0.3) is 0 Å². The molecule has 0 amide bonds. The van der Waals surface area contributed by atoms with Crippen LogP contribution in [0.5, 0.6) is 0 Å². The second-order valence-electron chi connectivity index (χ2n) is 4.25. The summed E-state index contributed by atoms with van der Waals surface area (Å²) in [4.78, 5) is 19.6. The van der Waals surface area contributed by atoms with Gasteiger partial charge in [-0.2, -0.15) is 0 Å². The van der Waals surface area contributed by atoms with Crippen molar-refractivity contribution in [3.8, 4) is 0 Å². The Balaban J connectivity index is 2.25. The van der Waals surface area contributed by atoms with Gasteiger partial charge in [-0.05, 0) is 12.3 Å². The number of aliphatic hydroxyl groups is 1. The number of hydrogen-bond acceptors (Lipinski definition) is 5. The smallest absolute Gasteiger partial charge is 0.276 e. The number of anilines is 2. The SMILES string of the molecule is CC1CCN(c2nc[nH]c(=O)c2N)CC1O. The van der Waals surface area contributed by atoms with Crippen molar-refractivity contribution in [1.82, 2.24) is 9.97 Å². The Morgan fingerprint density at radius 2 is 2.44 bits per heavy atom. The van der Waals surface area contributed by atoms with Crippen molar-refractivity contribution in [2.45, 2.75) is 19.4 Å². The van der Waals surface area contributed by atoms with Crippen molar-refractivity contribution in [2.75, 3.05) is 23.7 Å². The third kappa shape index (κ3) is 1.88. The quantitative estimate of drug-likeness (QED) is 0.601. The summed E-state index contributed by atoms with van der Waals surface area (Å²) in [5.41, 5.74) is 5.44. The van der Waals surface area contributed by atoms with E-state index in [1.165, 1.54) is 6.33 Å². The van der Waals surface area contributed by atoms with Crippen molar-refractivity contribution in [1.29, 1.82) is 0 Å². The molecule has 1 aliphatic heterocycles. The highest BCUT2D eigenvalue weighted by atomic mass is 16.3. The molecule has 0 aromatic carbocycles. The number of nitrogens with two attached hydrogens (primary N) is 1. The first-order chi connectivity index (χ1) is 7.59. The summed E-state index contributed by atoms with van der Waals surface area (Å²) in [7, 11) is 0. The molecular weight excluding hydrogens is 208 g/mol. The van der Waals surface area contributed by atoms with Gasteiger partial charge in [-0.15, -0.1) is 0 Å². The van der Waals surface area contributed by atoms with E-state index in [4.69, 9.17) is 5.73 Å². The number of β-amino-alcohol motifs (C(OH)–C–C–N with tert-alkyl or cyclic N) is 1. The number of nitrogens with one attached hydrogen (secondary N) is 1. The van der Waals surface area contributed by atoms with Crippen molar-refractivity contribution < 1.29 is 5.11 Å². The highest BCUT2D eigenvalue weighted by molar-refractivity contribution is 5.61. The molecule has 0 aliphatic carbocycles. The molecule has 2 heterocycles. The number of aliphatic hydroxyl groups excluding tert-OH is 1. The molecule has 0 spiro atoms. The van der Waals surface area contributed by atoms with Crippen molar-refractivity contribution in [2.24, 2.45) is 5.92 Å². The van der Waals surface area contributed by atoms with Crippen LogP contribution in [0.4, 0.5) is 11.5 Å². The van der Waals surface area contributed by atoms with Gasteiger partial charge in [0.15, 0.2) is 5.82 Å². The minimum atomic E-state index is -0.394. The molecular formula is C10H16N4O2. The van der Waals surface area contributed by atoms with E-state index in [-0.39, 0.29) is 17.2 Å². The van der Waals surface area contributed by atoms with Gasteiger partial charge in [0.05, 0.1) is 12.4 Å². The van der Waals surface area contributed by atoms with Gasteiger partial charge in [0.1, 0.15) is 5.69 Å². The van der Waals surface area contributed by atoms with Crippen LogP contribution < -0.4 is 16.2 Å². The topological polar surface area (TPSA) is 95.2 Å². The van der Waals surface area contributed by atoms with Crippen LogP contribution in [-0.2, 0) is 0 Å². The zero-order valence-corrected chi connectivity index (χ0v) is 9.18. The molecule has 2 atom stereocenters. The monoisotopic (exact) mass is 224 g/mol. The number of H-pyrrole nitrogens is 1. The van der Waals surface area contributed by atoms with Crippen LogP contribution in [0.2, 0.25) is 0 Å². The van der Waals surface area contributed by atoms with Gasteiger partial charge in [-0.3, -0.25) is 4.79 Å². The summed E-state index contributed by atoms with van der Waals surface area (Å²) in [6, 6.07) is 0. The van der Waals surface area contributed by atoms with E-state index < -0.39 is 6.10 Å². The molecule has 1 saturated heterocycles. The lowest BCUT2D eigenvalue weighted by Crippen LogP contribution is -2.44. The van der Waals surface area contributed by atoms with E-state index in [0.29, 0.717) is 12.4 Å². The number of nitrogen functional groups attached to an aromatic ring is 1. The van der Waals surface area contributed by atoms with E-state index >= 15 is 0 Å². The fourth-order valence-electron chi connectivity index (χ4n) is 1.89. The molecule has 2 rings (SSSR count). The summed E-state index contributed by atoms with van der Waals surface area (Å²) >= 11 is 0. The maximum Gasteiger partial charge on any atom is 0.276 e. The zero-order valence-electron chi connectivity index (χ0n) is 9.18. The Labute approximate surface area is 93.1 Å². The Bertz CT molecular complexity index is 431. The van der Waals surface area contributed by atoms with E-state index in [0.717, 1.165) is 13.0 Å². The third-order valence-corrected chi connectivity index (χ3v) is 3.09. The standard InChI is InChI=1S/C10H16N4O2/c1-6-2-3-14(4-7(6)15)9-8(11)10(16)13-5-12-9/h5-7,15H,2-4,11H2,1H3,(H,12,13,16). The molecule has 2 unspecified atom stereocenters. The minimum Gasteiger partial charge on any atom is -0.391 e. The molecule has 1 aliphatic rings. The molecule has 6 heteroatoms. The second kappa shape index (κ2) is 4.13. The summed E-state index contributed by atoms with van der Waals surface area (Å²) in [5.74, 6) is 0.745. The molecule has 88 valence electrons. The highest BCUT2D eigenvalue weighted by Crippen LogP contribution is 2.23. The molecule has 1 aromatic heterocycles. The number of aromatic amines is 1. The number of piperidine rings is 1. The molecule has 1 fully saturated rings. The number of hydrogen-bond donors (Lipinski definition) is 3. The number of nitrogens with zero attached hydrogens (tertiary/aromatic N) is 2. The van der Waals surface area contributed by atoms with Crippen LogP contribution in [0.3, 0.4) is 0 Å². The summed E-state index contributed by atoms with van der Waals surface area (Å²) in [6.45, 7) is 3.25. The number of rotatable bonds is 1. The van der Waals surface area contributed by atoms with Crippen LogP contribution >= 0.6 is 0 Å². The van der Waals surface area contributed by atoms with Crippen molar-refractivity contribution in [3.63, 3.8) is 0 Å². The maximum atomic E-state index is 11.3. The van der Waals surface area contributed by atoms with Gasteiger partial charge in [-0.1, -0.05) is 6.92 Å². The molecule has 1 aromatic rings. The Morgan fingerprint density at radius 3 is 3.12 bits per heavy atom. The van der Waals surface area contributed by atoms with Crippen molar-refractivity contribution in [3.05, 3.63) is 16.7 Å². The highest BCUT2D eigenvalue weighted by Gasteiger charge is 2.26. The first-order valence-corrected chi connectivity index (χ1v) is 5.35. The molecule has 4 N–H and O–H groups in total. The van der Waals surface area contributed by atoms with E-state index in [1.807, 2.05) is 11.8 Å². The molecule has 6 nitrogen and oxygen atoms in total. The van der Waals surface area contributed by atoms with Gasteiger partial charge in [0.2, 0.25) is 0 Å². The normalized spacial score (nSPS) is 25.8. The van der Waals surface area contributed by atoms with Gasteiger partial charge >= 0.3 is 0 Å². The Kier molecular flexibility index (Phi) is 2.82. The Morgan fingerprint density at radius 1 is 1.69 bits per heavy atom. The fraction of sp³-hybridized carbons (Fsp3) is 0.600. The maximum absolute atomic E-state index is 11.3. The van der Waals surface area contributed by atoms with E-state index in [2.05, 4.69) is 9.97 Å². The second-order valence-corrected chi connectivity index (χ2v) is 4.25. The first-order valence-electron chi connectivity index (χ1n) is 5.35. The van der Waals surface area contributed by atoms with Crippen molar-refractivity contribution >= 4 is 11.5 Å². The van der Waals surface area contributed by atoms with E-state index in [1.54, 1.807) is 0 Å². The summed E-state index contributed by atoms with van der Waals surface area (Å²) in [6.07, 6.45) is 1.81. The fourth-order valence-corrected chi connectivity index (χ4v) is 1.89. The summed E-state index contributed by atoms with van der Waals surface area (Å²) < 4.78 is 0. The minimum absolute atomic E-state index is 0.115. The Hall–Kier alpha value is -1.56. The zero-order chi connectivity index (χ0) is 11.7. The third-order valence-electron chi connectivity index (χ3n) is 3.09. The average Bonchev–Trinajstić information content (AvgIpc) is 2.26. The predicted molar refractivity (Wildman–Crippen MR) is 61.3 cm³/mol. The van der Waals surface area contributed by atoms with Gasteiger partial charge < -0.3 is 20.7 Å². The lowest BCUT2D eigenvalue weighted by molar-refractivity contribution is 0.102. The first kappa shape index (κ1) is 10.9. The van der Waals surface area contributed by atoms with Crippen LogP contribution in [0, 0.1) is 5.92 Å². The van der Waals surface area contributed by atoms with E-state index in [9.17, 15) is 9.90 Å².